The third-order valence-corrected chi connectivity index (χ3v) is 3.14. The van der Waals surface area contributed by atoms with Crippen molar-refractivity contribution in [3.8, 4) is 0 Å². The molecular weight excluding hydrogens is 273 g/mol. The number of aromatic nitrogens is 2. The Balaban J connectivity index is 2.45. The van der Waals surface area contributed by atoms with E-state index in [9.17, 15) is 13.2 Å². The summed E-state index contributed by atoms with van der Waals surface area (Å²) in [5.41, 5.74) is -0.416. The molecule has 1 saturated heterocycles. The first-order valence-corrected chi connectivity index (χ1v) is 6.23. The van der Waals surface area contributed by atoms with Crippen LogP contribution < -0.4 is 10.2 Å². The Bertz CT molecular complexity index is 490. The van der Waals surface area contributed by atoms with Crippen LogP contribution in [0.5, 0.6) is 0 Å². The Labute approximate surface area is 115 Å². The Kier molecular flexibility index (Phi) is 3.77. The molecule has 5 nitrogen and oxygen atoms in total. The standard InChI is InChI=1S/C12H17F3N4O/c1-11(2)7-20-5-4-19(11)9-6-8(16-3)17-10(18-9)12(13,14)15/h6H,4-5,7H2,1-3H3,(H,16,17,18). The van der Waals surface area contributed by atoms with Gasteiger partial charge in [0, 0.05) is 19.7 Å². The summed E-state index contributed by atoms with van der Waals surface area (Å²) in [7, 11) is 1.52. The van der Waals surface area contributed by atoms with Crippen LogP contribution in [-0.2, 0) is 10.9 Å². The van der Waals surface area contributed by atoms with E-state index >= 15 is 0 Å². The van der Waals surface area contributed by atoms with Crippen LogP contribution in [-0.4, -0.2) is 42.3 Å². The van der Waals surface area contributed by atoms with Crippen LogP contribution in [0, 0.1) is 0 Å². The molecule has 2 rings (SSSR count). The minimum absolute atomic E-state index is 0.143. The fourth-order valence-corrected chi connectivity index (χ4v) is 2.11. The topological polar surface area (TPSA) is 50.3 Å². The first-order valence-electron chi connectivity index (χ1n) is 6.23. The number of hydrogen-bond donors (Lipinski definition) is 1. The number of anilines is 2. The first-order chi connectivity index (χ1) is 9.24. The summed E-state index contributed by atoms with van der Waals surface area (Å²) in [6.45, 7) is 5.20. The Morgan fingerprint density at radius 1 is 1.35 bits per heavy atom. The minimum atomic E-state index is -4.57. The molecule has 0 amide bonds. The van der Waals surface area contributed by atoms with Crippen molar-refractivity contribution in [2.24, 2.45) is 0 Å². The van der Waals surface area contributed by atoms with Crippen molar-refractivity contribution < 1.29 is 17.9 Å². The molecule has 1 aliphatic heterocycles. The van der Waals surface area contributed by atoms with E-state index in [0.717, 1.165) is 0 Å². The molecule has 1 aromatic heterocycles. The summed E-state index contributed by atoms with van der Waals surface area (Å²) < 4.78 is 43.9. The summed E-state index contributed by atoms with van der Waals surface area (Å²) >= 11 is 0. The molecule has 112 valence electrons. The predicted molar refractivity (Wildman–Crippen MR) is 68.8 cm³/mol. The smallest absolute Gasteiger partial charge is 0.377 e. The summed E-state index contributed by atoms with van der Waals surface area (Å²) in [5.74, 6) is -0.740. The monoisotopic (exact) mass is 290 g/mol. The zero-order valence-electron chi connectivity index (χ0n) is 11.6. The molecular formula is C12H17F3N4O. The average Bonchev–Trinajstić information content (AvgIpc) is 2.36. The summed E-state index contributed by atoms with van der Waals surface area (Å²) in [4.78, 5) is 8.94. The lowest BCUT2D eigenvalue weighted by Crippen LogP contribution is -2.53. The van der Waals surface area contributed by atoms with Crippen LogP contribution >= 0.6 is 0 Å². The van der Waals surface area contributed by atoms with Crippen molar-refractivity contribution in [3.63, 3.8) is 0 Å². The number of halogens is 3. The molecule has 0 atom stereocenters. The molecule has 0 unspecified atom stereocenters. The fraction of sp³-hybridized carbons (Fsp3) is 0.667. The van der Waals surface area contributed by atoms with Gasteiger partial charge in [-0.3, -0.25) is 0 Å². The van der Waals surface area contributed by atoms with Gasteiger partial charge in [0.1, 0.15) is 11.6 Å². The predicted octanol–water partition coefficient (Wildman–Crippen LogP) is 2.15. The number of morpholine rings is 1. The SMILES string of the molecule is CNc1cc(N2CCOCC2(C)C)nc(C(F)(F)F)n1. The number of rotatable bonds is 2. The zero-order valence-corrected chi connectivity index (χ0v) is 11.6. The maximum Gasteiger partial charge on any atom is 0.451 e. The molecule has 0 aliphatic carbocycles. The quantitative estimate of drug-likeness (QED) is 0.904. The van der Waals surface area contributed by atoms with Crippen molar-refractivity contribution in [3.05, 3.63) is 11.9 Å². The van der Waals surface area contributed by atoms with Gasteiger partial charge in [-0.25, -0.2) is 9.97 Å². The Morgan fingerprint density at radius 2 is 2.05 bits per heavy atom. The van der Waals surface area contributed by atoms with Gasteiger partial charge in [-0.2, -0.15) is 13.2 Å². The highest BCUT2D eigenvalue weighted by atomic mass is 19.4. The number of hydrogen-bond acceptors (Lipinski definition) is 5. The molecule has 0 radical (unpaired) electrons. The van der Waals surface area contributed by atoms with Crippen LogP contribution in [0.1, 0.15) is 19.7 Å². The molecule has 20 heavy (non-hydrogen) atoms. The highest BCUT2D eigenvalue weighted by Gasteiger charge is 2.38. The molecule has 1 N–H and O–H groups in total. The summed E-state index contributed by atoms with van der Waals surface area (Å²) in [5, 5.41) is 2.64. The molecule has 1 aromatic rings. The van der Waals surface area contributed by atoms with Crippen molar-refractivity contribution >= 4 is 11.6 Å². The first kappa shape index (κ1) is 14.8. The van der Waals surface area contributed by atoms with E-state index < -0.39 is 17.5 Å². The van der Waals surface area contributed by atoms with E-state index in [1.807, 2.05) is 18.7 Å². The fourth-order valence-electron chi connectivity index (χ4n) is 2.11. The maximum absolute atomic E-state index is 12.8. The van der Waals surface area contributed by atoms with Crippen LogP contribution in [0.3, 0.4) is 0 Å². The molecule has 2 heterocycles. The van der Waals surface area contributed by atoms with E-state index in [1.54, 1.807) is 0 Å². The van der Waals surface area contributed by atoms with E-state index in [4.69, 9.17) is 4.74 Å². The lowest BCUT2D eigenvalue weighted by molar-refractivity contribution is -0.144. The van der Waals surface area contributed by atoms with E-state index in [2.05, 4.69) is 15.3 Å². The van der Waals surface area contributed by atoms with Crippen molar-refractivity contribution in [2.45, 2.75) is 25.6 Å². The minimum Gasteiger partial charge on any atom is -0.377 e. The average molecular weight is 290 g/mol. The zero-order chi connectivity index (χ0) is 15.0. The molecule has 1 aliphatic rings. The highest BCUT2D eigenvalue weighted by Crippen LogP contribution is 2.32. The summed E-state index contributed by atoms with van der Waals surface area (Å²) in [6, 6.07) is 1.52. The summed E-state index contributed by atoms with van der Waals surface area (Å²) in [6.07, 6.45) is -4.57. The molecule has 8 heteroatoms. The lowest BCUT2D eigenvalue weighted by Gasteiger charge is -2.43. The highest BCUT2D eigenvalue weighted by molar-refractivity contribution is 5.51. The van der Waals surface area contributed by atoms with Gasteiger partial charge >= 0.3 is 6.18 Å². The van der Waals surface area contributed by atoms with Crippen LogP contribution in [0.15, 0.2) is 6.07 Å². The van der Waals surface area contributed by atoms with Gasteiger partial charge in [-0.1, -0.05) is 0 Å². The van der Waals surface area contributed by atoms with Crippen LogP contribution in [0.4, 0.5) is 24.8 Å². The molecule has 0 saturated carbocycles. The normalized spacial score (nSPS) is 19.0. The molecule has 0 aromatic carbocycles. The third kappa shape index (κ3) is 2.95. The van der Waals surface area contributed by atoms with Crippen LogP contribution in [0.25, 0.3) is 0 Å². The van der Waals surface area contributed by atoms with Gasteiger partial charge < -0.3 is 15.0 Å². The van der Waals surface area contributed by atoms with Gasteiger partial charge in [0.25, 0.3) is 0 Å². The van der Waals surface area contributed by atoms with Gasteiger partial charge in [-0.05, 0) is 13.8 Å². The second kappa shape index (κ2) is 5.08. The van der Waals surface area contributed by atoms with Crippen molar-refractivity contribution in [2.75, 3.05) is 37.0 Å². The molecule has 1 fully saturated rings. The van der Waals surface area contributed by atoms with E-state index in [-0.39, 0.29) is 11.6 Å². The van der Waals surface area contributed by atoms with Crippen molar-refractivity contribution in [1.29, 1.82) is 0 Å². The number of alkyl halides is 3. The van der Waals surface area contributed by atoms with Gasteiger partial charge in [0.15, 0.2) is 0 Å². The van der Waals surface area contributed by atoms with E-state index in [1.165, 1.54) is 13.1 Å². The van der Waals surface area contributed by atoms with E-state index in [0.29, 0.717) is 19.8 Å². The van der Waals surface area contributed by atoms with Gasteiger partial charge in [-0.15, -0.1) is 0 Å². The number of nitrogens with one attached hydrogen (secondary N) is 1. The van der Waals surface area contributed by atoms with Crippen molar-refractivity contribution in [1.82, 2.24) is 9.97 Å². The second-order valence-corrected chi connectivity index (χ2v) is 5.20. The second-order valence-electron chi connectivity index (χ2n) is 5.20. The third-order valence-electron chi connectivity index (χ3n) is 3.14. The van der Waals surface area contributed by atoms with Crippen LogP contribution in [0.2, 0.25) is 0 Å². The maximum atomic E-state index is 12.8. The van der Waals surface area contributed by atoms with Gasteiger partial charge in [0.05, 0.1) is 18.8 Å². The van der Waals surface area contributed by atoms with Gasteiger partial charge in [0.2, 0.25) is 5.82 Å². The molecule has 0 bridgehead atoms. The Hall–Kier alpha value is -1.57. The largest absolute Gasteiger partial charge is 0.451 e. The molecule has 0 spiro atoms. The lowest BCUT2D eigenvalue weighted by atomic mass is 10.0. The Morgan fingerprint density at radius 3 is 2.60 bits per heavy atom. The number of ether oxygens (including phenoxy) is 1. The number of nitrogens with zero attached hydrogens (tertiary/aromatic N) is 3.